The quantitative estimate of drug-likeness (QED) is 0.946. The lowest BCUT2D eigenvalue weighted by molar-refractivity contribution is 0.0670. The number of nitrogens with one attached hydrogen (secondary N) is 1. The van der Waals surface area contributed by atoms with Crippen LogP contribution in [0, 0.1) is 5.92 Å². The van der Waals surface area contributed by atoms with Crippen LogP contribution in [0.2, 0.25) is 0 Å². The normalized spacial score (nSPS) is 20.2. The van der Waals surface area contributed by atoms with Gasteiger partial charge in [0.1, 0.15) is 12.1 Å². The molecule has 1 fully saturated rings. The van der Waals surface area contributed by atoms with Crippen molar-refractivity contribution in [2.75, 3.05) is 19.0 Å². The van der Waals surface area contributed by atoms with Crippen molar-refractivity contribution in [2.45, 2.75) is 13.0 Å². The van der Waals surface area contributed by atoms with Crippen LogP contribution in [0.1, 0.15) is 18.5 Å². The summed E-state index contributed by atoms with van der Waals surface area (Å²) in [5.74, 6) is 1.29. The Balaban J connectivity index is 1.72. The van der Waals surface area contributed by atoms with Crippen molar-refractivity contribution in [3.8, 4) is 5.88 Å². The number of nitrogens with zero attached hydrogens (tertiary/aromatic N) is 3. The number of aromatic nitrogens is 2. The third-order valence-electron chi connectivity index (χ3n) is 3.85. The number of urea groups is 1. The molecule has 1 saturated heterocycles. The largest absolute Gasteiger partial charge is 0.481 e. The predicted octanol–water partition coefficient (Wildman–Crippen LogP) is 2.71. The smallest absolute Gasteiger partial charge is 0.323 e. The van der Waals surface area contributed by atoms with Gasteiger partial charge in [-0.05, 0) is 11.5 Å². The fraction of sp³-hybridized carbons (Fsp3) is 0.312. The fourth-order valence-electron chi connectivity index (χ4n) is 2.76. The average Bonchev–Trinajstić information content (AvgIpc) is 2.53. The summed E-state index contributed by atoms with van der Waals surface area (Å²) in [6.45, 7) is 2.88. The minimum atomic E-state index is -0.160. The second-order valence-electron chi connectivity index (χ2n) is 5.36. The molecule has 1 aliphatic heterocycles. The summed E-state index contributed by atoms with van der Waals surface area (Å²) >= 11 is 0. The lowest BCUT2D eigenvalue weighted by Crippen LogP contribution is -2.53. The fourth-order valence-corrected chi connectivity index (χ4v) is 2.76. The van der Waals surface area contributed by atoms with Gasteiger partial charge in [0, 0.05) is 12.6 Å². The summed E-state index contributed by atoms with van der Waals surface area (Å²) in [6, 6.07) is 11.6. The number of benzene rings is 1. The number of methoxy groups -OCH3 is 1. The highest BCUT2D eigenvalue weighted by Gasteiger charge is 2.40. The van der Waals surface area contributed by atoms with Gasteiger partial charge in [0.25, 0.3) is 0 Å². The van der Waals surface area contributed by atoms with E-state index < -0.39 is 0 Å². The highest BCUT2D eigenvalue weighted by Crippen LogP contribution is 2.38. The SMILES string of the molecule is COc1cc(NC(=O)N2C[C@@H](C)[C@H]2c2ccccc2)ncn1. The summed E-state index contributed by atoms with van der Waals surface area (Å²) in [7, 11) is 1.52. The molecule has 0 spiro atoms. The first-order valence-electron chi connectivity index (χ1n) is 7.17. The molecule has 2 aromatic rings. The van der Waals surface area contributed by atoms with Gasteiger partial charge in [-0.15, -0.1) is 0 Å². The van der Waals surface area contributed by atoms with E-state index in [0.717, 1.165) is 12.1 Å². The van der Waals surface area contributed by atoms with Crippen molar-refractivity contribution in [3.63, 3.8) is 0 Å². The summed E-state index contributed by atoms with van der Waals surface area (Å²) in [6.07, 6.45) is 1.36. The van der Waals surface area contributed by atoms with Gasteiger partial charge in [-0.1, -0.05) is 37.3 Å². The Morgan fingerprint density at radius 2 is 2.09 bits per heavy atom. The molecule has 2 amide bonds. The third kappa shape index (κ3) is 2.72. The van der Waals surface area contributed by atoms with Gasteiger partial charge in [0.05, 0.1) is 13.2 Å². The molecule has 0 radical (unpaired) electrons. The summed E-state index contributed by atoms with van der Waals surface area (Å²) in [5, 5.41) is 2.79. The molecule has 6 nitrogen and oxygen atoms in total. The van der Waals surface area contributed by atoms with Crippen LogP contribution in [0.5, 0.6) is 5.88 Å². The Labute approximate surface area is 129 Å². The van der Waals surface area contributed by atoms with Crippen LogP contribution in [0.3, 0.4) is 0 Å². The van der Waals surface area contributed by atoms with E-state index in [9.17, 15) is 4.79 Å². The van der Waals surface area contributed by atoms with Crippen LogP contribution in [0.15, 0.2) is 42.7 Å². The molecule has 1 aliphatic rings. The number of hydrogen-bond donors (Lipinski definition) is 1. The second-order valence-corrected chi connectivity index (χ2v) is 5.36. The number of carbonyl (C=O) groups is 1. The molecule has 6 heteroatoms. The van der Waals surface area contributed by atoms with E-state index in [1.807, 2.05) is 35.2 Å². The number of anilines is 1. The molecule has 0 saturated carbocycles. The molecule has 0 bridgehead atoms. The molecule has 114 valence electrons. The van der Waals surface area contributed by atoms with E-state index in [-0.39, 0.29) is 12.1 Å². The Hall–Kier alpha value is -2.63. The number of ether oxygens (including phenoxy) is 1. The van der Waals surface area contributed by atoms with Gasteiger partial charge >= 0.3 is 6.03 Å². The Bertz CT molecular complexity index is 662. The summed E-state index contributed by atoms with van der Waals surface area (Å²) in [4.78, 5) is 22.2. The summed E-state index contributed by atoms with van der Waals surface area (Å²) < 4.78 is 5.03. The second kappa shape index (κ2) is 6.01. The molecule has 3 rings (SSSR count). The van der Waals surface area contributed by atoms with Crippen molar-refractivity contribution in [2.24, 2.45) is 5.92 Å². The molecule has 22 heavy (non-hydrogen) atoms. The maximum absolute atomic E-state index is 12.4. The van der Waals surface area contributed by atoms with Gasteiger partial charge in [-0.3, -0.25) is 5.32 Å². The molecule has 1 aromatic heterocycles. The lowest BCUT2D eigenvalue weighted by atomic mass is 9.85. The Morgan fingerprint density at radius 3 is 2.77 bits per heavy atom. The zero-order valence-corrected chi connectivity index (χ0v) is 12.6. The zero-order valence-electron chi connectivity index (χ0n) is 12.6. The maximum atomic E-state index is 12.4. The molecule has 0 unspecified atom stereocenters. The molecule has 0 aliphatic carbocycles. The van der Waals surface area contributed by atoms with E-state index >= 15 is 0 Å². The molecular formula is C16H18N4O2. The Kier molecular flexibility index (Phi) is 3.91. The number of carbonyl (C=O) groups excluding carboxylic acids is 1. The minimum Gasteiger partial charge on any atom is -0.481 e. The highest BCUT2D eigenvalue weighted by molar-refractivity contribution is 5.89. The molecule has 2 heterocycles. The van der Waals surface area contributed by atoms with E-state index in [0.29, 0.717) is 17.6 Å². The topological polar surface area (TPSA) is 67.3 Å². The van der Waals surface area contributed by atoms with Crippen molar-refractivity contribution in [1.29, 1.82) is 0 Å². The number of hydrogen-bond acceptors (Lipinski definition) is 4. The van der Waals surface area contributed by atoms with Gasteiger partial charge in [-0.2, -0.15) is 0 Å². The minimum absolute atomic E-state index is 0.102. The van der Waals surface area contributed by atoms with Gasteiger partial charge in [0.2, 0.25) is 5.88 Å². The van der Waals surface area contributed by atoms with Gasteiger partial charge in [-0.25, -0.2) is 14.8 Å². The lowest BCUT2D eigenvalue weighted by Gasteiger charge is -2.46. The van der Waals surface area contributed by atoms with Crippen molar-refractivity contribution in [1.82, 2.24) is 14.9 Å². The van der Waals surface area contributed by atoms with Crippen LogP contribution >= 0.6 is 0 Å². The molecule has 2 atom stereocenters. The Morgan fingerprint density at radius 1 is 1.32 bits per heavy atom. The maximum Gasteiger partial charge on any atom is 0.323 e. The van der Waals surface area contributed by atoms with E-state index in [1.165, 1.54) is 13.4 Å². The highest BCUT2D eigenvalue weighted by atomic mass is 16.5. The van der Waals surface area contributed by atoms with Crippen LogP contribution < -0.4 is 10.1 Å². The first-order chi connectivity index (χ1) is 10.7. The summed E-state index contributed by atoms with van der Waals surface area (Å²) in [5.41, 5.74) is 1.15. The number of likely N-dealkylation sites (tertiary alicyclic amines) is 1. The van der Waals surface area contributed by atoms with Crippen LogP contribution in [0.25, 0.3) is 0 Å². The standard InChI is InChI=1S/C16H18N4O2/c1-11-9-20(15(11)12-6-4-3-5-7-12)16(21)19-13-8-14(22-2)18-10-17-13/h3-8,10-11,15H,9H2,1-2H3,(H,17,18,19,21)/t11-,15+/m1/s1. The average molecular weight is 298 g/mol. The van der Waals surface area contributed by atoms with Crippen molar-refractivity contribution >= 4 is 11.8 Å². The van der Waals surface area contributed by atoms with Crippen LogP contribution in [-0.4, -0.2) is 34.6 Å². The predicted molar refractivity (Wildman–Crippen MR) is 82.7 cm³/mol. The first-order valence-corrected chi connectivity index (χ1v) is 7.17. The number of rotatable bonds is 3. The third-order valence-corrected chi connectivity index (χ3v) is 3.85. The molecular weight excluding hydrogens is 280 g/mol. The van der Waals surface area contributed by atoms with Gasteiger partial charge in [0.15, 0.2) is 0 Å². The molecule has 1 N–H and O–H groups in total. The van der Waals surface area contributed by atoms with Crippen LogP contribution in [0.4, 0.5) is 10.6 Å². The van der Waals surface area contributed by atoms with E-state index in [1.54, 1.807) is 6.07 Å². The zero-order chi connectivity index (χ0) is 15.5. The van der Waals surface area contributed by atoms with Crippen LogP contribution in [-0.2, 0) is 0 Å². The first kappa shape index (κ1) is 14.3. The van der Waals surface area contributed by atoms with Crippen molar-refractivity contribution < 1.29 is 9.53 Å². The van der Waals surface area contributed by atoms with E-state index in [4.69, 9.17) is 4.74 Å². The van der Waals surface area contributed by atoms with E-state index in [2.05, 4.69) is 22.2 Å². The number of amides is 2. The van der Waals surface area contributed by atoms with Gasteiger partial charge < -0.3 is 9.64 Å². The van der Waals surface area contributed by atoms with Crippen molar-refractivity contribution in [3.05, 3.63) is 48.3 Å². The molecule has 1 aromatic carbocycles. The monoisotopic (exact) mass is 298 g/mol.